The van der Waals surface area contributed by atoms with Crippen molar-refractivity contribution in [1.82, 2.24) is 14.9 Å². The van der Waals surface area contributed by atoms with Gasteiger partial charge >= 0.3 is 0 Å². The van der Waals surface area contributed by atoms with E-state index in [1.807, 2.05) is 44.4 Å². The number of carbonyl (C=O) groups is 2. The van der Waals surface area contributed by atoms with Crippen LogP contribution in [0, 0.1) is 19.8 Å². The van der Waals surface area contributed by atoms with Gasteiger partial charge in [-0.25, -0.2) is 9.97 Å². The quantitative estimate of drug-likeness (QED) is 0.482. The van der Waals surface area contributed by atoms with Gasteiger partial charge in [0.15, 0.2) is 5.16 Å². The number of para-hydroxylation sites is 1. The Hall–Kier alpha value is -2.45. The minimum atomic E-state index is -0.230. The van der Waals surface area contributed by atoms with Crippen LogP contribution in [0.25, 0.3) is 0 Å². The Morgan fingerprint density at radius 3 is 2.61 bits per heavy atom. The summed E-state index contributed by atoms with van der Waals surface area (Å²) < 4.78 is 0. The zero-order chi connectivity index (χ0) is 22.4. The van der Waals surface area contributed by atoms with Gasteiger partial charge in [-0.2, -0.15) is 0 Å². The van der Waals surface area contributed by atoms with E-state index in [4.69, 9.17) is 5.73 Å². The molecule has 0 bridgehead atoms. The van der Waals surface area contributed by atoms with Crippen molar-refractivity contribution in [3.63, 3.8) is 0 Å². The second-order valence-corrected chi connectivity index (χ2v) is 8.82. The zero-order valence-electron chi connectivity index (χ0n) is 18.5. The summed E-state index contributed by atoms with van der Waals surface area (Å²) in [6, 6.07) is 7.84. The number of amides is 2. The van der Waals surface area contributed by atoms with Gasteiger partial charge in [-0.3, -0.25) is 14.5 Å². The molecule has 2 heterocycles. The molecule has 1 aliphatic heterocycles. The van der Waals surface area contributed by atoms with Crippen molar-refractivity contribution in [3.05, 3.63) is 46.8 Å². The Morgan fingerprint density at radius 2 is 1.94 bits per heavy atom. The molecule has 7 nitrogen and oxygen atoms in total. The first-order valence-electron chi connectivity index (χ1n) is 10.6. The lowest BCUT2D eigenvalue weighted by Crippen LogP contribution is -2.40. The van der Waals surface area contributed by atoms with Gasteiger partial charge in [0.2, 0.25) is 11.8 Å². The standard InChI is InChI=1S/C23H31N5O2S/c1-15-19(16(2)26-23(25-15)31-3)10-11-21(29)27-20-9-5-4-7-17(20)13-28-12-6-8-18(14-28)22(24)30/h4-5,7,9,18H,6,8,10-14H2,1-3H3,(H2,24,30)(H,27,29). The van der Waals surface area contributed by atoms with E-state index in [1.54, 1.807) is 0 Å². The van der Waals surface area contributed by atoms with Crippen LogP contribution in [-0.4, -0.2) is 46.0 Å². The molecule has 1 saturated heterocycles. The van der Waals surface area contributed by atoms with E-state index in [-0.39, 0.29) is 17.7 Å². The first-order chi connectivity index (χ1) is 14.9. The van der Waals surface area contributed by atoms with Crippen LogP contribution in [0.5, 0.6) is 0 Å². The molecule has 8 heteroatoms. The van der Waals surface area contributed by atoms with E-state index >= 15 is 0 Å². The fourth-order valence-corrected chi connectivity index (χ4v) is 4.52. The number of benzene rings is 1. The SMILES string of the molecule is CSc1nc(C)c(CCC(=O)Nc2ccccc2CN2CCCC(C(N)=O)C2)c(C)n1. The molecule has 1 atom stereocenters. The third kappa shape index (κ3) is 6.27. The fourth-order valence-electron chi connectivity index (χ4n) is 4.07. The van der Waals surface area contributed by atoms with Crippen molar-refractivity contribution in [2.75, 3.05) is 24.7 Å². The number of hydrogen-bond donors (Lipinski definition) is 2. The third-order valence-electron chi connectivity index (χ3n) is 5.78. The topological polar surface area (TPSA) is 101 Å². The highest BCUT2D eigenvalue weighted by molar-refractivity contribution is 7.98. The van der Waals surface area contributed by atoms with Crippen LogP contribution in [0.15, 0.2) is 29.4 Å². The summed E-state index contributed by atoms with van der Waals surface area (Å²) in [7, 11) is 0. The van der Waals surface area contributed by atoms with Gasteiger partial charge in [0.1, 0.15) is 0 Å². The molecule has 1 aromatic heterocycles. The van der Waals surface area contributed by atoms with Crippen LogP contribution in [0.3, 0.4) is 0 Å². The Bertz CT molecular complexity index is 926. The number of aryl methyl sites for hydroxylation is 2. The lowest BCUT2D eigenvalue weighted by atomic mass is 9.97. The van der Waals surface area contributed by atoms with E-state index in [0.717, 1.165) is 52.7 Å². The second kappa shape index (κ2) is 10.7. The predicted octanol–water partition coefficient (Wildman–Crippen LogP) is 3.08. The van der Waals surface area contributed by atoms with Gasteiger partial charge in [-0.1, -0.05) is 30.0 Å². The lowest BCUT2D eigenvalue weighted by molar-refractivity contribution is -0.123. The number of nitrogens with one attached hydrogen (secondary N) is 1. The summed E-state index contributed by atoms with van der Waals surface area (Å²) in [6.45, 7) is 6.21. The van der Waals surface area contributed by atoms with Crippen LogP contribution in [-0.2, 0) is 22.6 Å². The van der Waals surface area contributed by atoms with Gasteiger partial charge in [0.25, 0.3) is 0 Å². The number of primary amides is 1. The highest BCUT2D eigenvalue weighted by Gasteiger charge is 2.24. The van der Waals surface area contributed by atoms with E-state index in [1.165, 1.54) is 11.8 Å². The Kier molecular flexibility index (Phi) is 8.03. The summed E-state index contributed by atoms with van der Waals surface area (Å²) in [5.41, 5.74) is 10.3. The molecule has 0 radical (unpaired) electrons. The largest absolute Gasteiger partial charge is 0.369 e. The maximum atomic E-state index is 12.7. The fraction of sp³-hybridized carbons (Fsp3) is 0.478. The molecule has 1 fully saturated rings. The molecule has 1 aromatic carbocycles. The van der Waals surface area contributed by atoms with Crippen LogP contribution in [0.4, 0.5) is 5.69 Å². The smallest absolute Gasteiger partial charge is 0.224 e. The van der Waals surface area contributed by atoms with Crippen molar-refractivity contribution in [2.45, 2.75) is 51.2 Å². The molecular formula is C23H31N5O2S. The predicted molar refractivity (Wildman–Crippen MR) is 124 cm³/mol. The summed E-state index contributed by atoms with van der Waals surface area (Å²) in [5, 5.41) is 3.82. The van der Waals surface area contributed by atoms with E-state index in [0.29, 0.717) is 25.9 Å². The minimum absolute atomic E-state index is 0.0335. The number of nitrogens with two attached hydrogens (primary N) is 1. The van der Waals surface area contributed by atoms with Crippen LogP contribution in [0.1, 0.15) is 41.8 Å². The number of piperidine rings is 1. The van der Waals surface area contributed by atoms with Gasteiger partial charge in [0, 0.05) is 36.6 Å². The number of carbonyl (C=O) groups excluding carboxylic acids is 2. The van der Waals surface area contributed by atoms with Crippen LogP contribution < -0.4 is 11.1 Å². The second-order valence-electron chi connectivity index (χ2n) is 8.04. The number of rotatable bonds is 8. The molecule has 2 aromatic rings. The Morgan fingerprint density at radius 1 is 1.23 bits per heavy atom. The average molecular weight is 442 g/mol. The molecule has 0 aliphatic carbocycles. The van der Waals surface area contributed by atoms with Gasteiger partial charge < -0.3 is 11.1 Å². The van der Waals surface area contributed by atoms with Crippen molar-refractivity contribution in [1.29, 1.82) is 0 Å². The van der Waals surface area contributed by atoms with E-state index < -0.39 is 0 Å². The minimum Gasteiger partial charge on any atom is -0.369 e. The monoisotopic (exact) mass is 441 g/mol. The maximum Gasteiger partial charge on any atom is 0.224 e. The summed E-state index contributed by atoms with van der Waals surface area (Å²) in [6.07, 6.45) is 4.73. The molecule has 3 rings (SSSR count). The molecule has 31 heavy (non-hydrogen) atoms. The summed E-state index contributed by atoms with van der Waals surface area (Å²) in [5.74, 6) is -0.359. The zero-order valence-corrected chi connectivity index (χ0v) is 19.3. The normalized spacial score (nSPS) is 16.8. The summed E-state index contributed by atoms with van der Waals surface area (Å²) in [4.78, 5) is 35.5. The van der Waals surface area contributed by atoms with Crippen LogP contribution in [0.2, 0.25) is 0 Å². The molecule has 0 spiro atoms. The van der Waals surface area contributed by atoms with Crippen molar-refractivity contribution >= 4 is 29.3 Å². The number of likely N-dealkylation sites (tertiary alicyclic amines) is 1. The molecule has 3 N–H and O–H groups in total. The van der Waals surface area contributed by atoms with E-state index in [2.05, 4.69) is 20.2 Å². The molecule has 0 saturated carbocycles. The number of anilines is 1. The number of nitrogens with zero attached hydrogens (tertiary/aromatic N) is 3. The molecule has 1 aliphatic rings. The Balaban J connectivity index is 1.62. The number of thioether (sulfide) groups is 1. The maximum absolute atomic E-state index is 12.7. The number of hydrogen-bond acceptors (Lipinski definition) is 6. The summed E-state index contributed by atoms with van der Waals surface area (Å²) >= 11 is 1.52. The molecular weight excluding hydrogens is 410 g/mol. The van der Waals surface area contributed by atoms with Gasteiger partial charge in [-0.15, -0.1) is 0 Å². The van der Waals surface area contributed by atoms with E-state index in [9.17, 15) is 9.59 Å². The van der Waals surface area contributed by atoms with Gasteiger partial charge in [0.05, 0.1) is 5.92 Å². The van der Waals surface area contributed by atoms with Gasteiger partial charge in [-0.05, 0) is 63.1 Å². The first kappa shape index (κ1) is 23.2. The lowest BCUT2D eigenvalue weighted by Gasteiger charge is -2.31. The Labute approximate surface area is 188 Å². The first-order valence-corrected chi connectivity index (χ1v) is 11.9. The number of aromatic nitrogens is 2. The highest BCUT2D eigenvalue weighted by atomic mass is 32.2. The molecule has 1 unspecified atom stereocenters. The third-order valence-corrected chi connectivity index (χ3v) is 6.33. The van der Waals surface area contributed by atoms with Crippen molar-refractivity contribution in [3.8, 4) is 0 Å². The molecule has 166 valence electrons. The molecule has 2 amide bonds. The van der Waals surface area contributed by atoms with Crippen molar-refractivity contribution in [2.24, 2.45) is 11.7 Å². The van der Waals surface area contributed by atoms with Crippen LogP contribution >= 0.6 is 11.8 Å². The highest BCUT2D eigenvalue weighted by Crippen LogP contribution is 2.23. The average Bonchev–Trinajstić information content (AvgIpc) is 2.74. The van der Waals surface area contributed by atoms with Crippen molar-refractivity contribution < 1.29 is 9.59 Å².